The Bertz CT molecular complexity index is 743. The summed E-state index contributed by atoms with van der Waals surface area (Å²) in [5.41, 5.74) is 6.09. The molecule has 7 heteroatoms. The number of carbonyl (C=O) groups is 4. The number of rotatable bonds is 6. The van der Waals surface area contributed by atoms with Crippen LogP contribution in [0.4, 0.5) is 5.69 Å². The van der Waals surface area contributed by atoms with E-state index in [1.807, 2.05) is 12.2 Å². The molecule has 1 saturated heterocycles. The summed E-state index contributed by atoms with van der Waals surface area (Å²) in [5.74, 6) is -1.44. The number of anilines is 1. The summed E-state index contributed by atoms with van der Waals surface area (Å²) in [7, 11) is 0. The third-order valence-corrected chi connectivity index (χ3v) is 4.84. The third kappa shape index (κ3) is 3.66. The van der Waals surface area contributed by atoms with E-state index >= 15 is 0 Å². The third-order valence-electron chi connectivity index (χ3n) is 4.84. The number of carbonyl (C=O) groups excluding carboxylic acids is 4. The minimum Gasteiger partial charge on any atom is -0.366 e. The monoisotopic (exact) mass is 355 g/mol. The van der Waals surface area contributed by atoms with Gasteiger partial charge in [-0.1, -0.05) is 12.2 Å². The number of nitrogens with two attached hydrogens (primary N) is 1. The number of imide groups is 1. The summed E-state index contributed by atoms with van der Waals surface area (Å²) in [6.45, 7) is 0.263. The summed E-state index contributed by atoms with van der Waals surface area (Å²) in [6, 6.07) is 6.27. The molecule has 1 aromatic rings. The van der Waals surface area contributed by atoms with Gasteiger partial charge < -0.3 is 11.1 Å². The van der Waals surface area contributed by atoms with E-state index in [2.05, 4.69) is 5.32 Å². The zero-order valence-electron chi connectivity index (χ0n) is 14.3. The van der Waals surface area contributed by atoms with Gasteiger partial charge in [-0.25, -0.2) is 0 Å². The first-order chi connectivity index (χ1) is 12.5. The van der Waals surface area contributed by atoms with Gasteiger partial charge in [0.1, 0.15) is 0 Å². The molecule has 136 valence electrons. The number of hydrogen-bond donors (Lipinski definition) is 2. The predicted molar refractivity (Wildman–Crippen MR) is 94.9 cm³/mol. The second kappa shape index (κ2) is 7.51. The van der Waals surface area contributed by atoms with Gasteiger partial charge in [0.25, 0.3) is 0 Å². The van der Waals surface area contributed by atoms with Crippen molar-refractivity contribution in [3.63, 3.8) is 0 Å². The Morgan fingerprint density at radius 3 is 2.15 bits per heavy atom. The average Bonchev–Trinajstić information content (AvgIpc) is 2.87. The molecule has 0 bridgehead atoms. The second-order valence-electron chi connectivity index (χ2n) is 6.58. The fourth-order valence-electron chi connectivity index (χ4n) is 3.43. The Kier molecular flexibility index (Phi) is 5.16. The highest BCUT2D eigenvalue weighted by Crippen LogP contribution is 2.35. The Labute approximate surface area is 151 Å². The number of primary amides is 1. The van der Waals surface area contributed by atoms with E-state index in [1.54, 1.807) is 12.1 Å². The summed E-state index contributed by atoms with van der Waals surface area (Å²) in [5, 5.41) is 2.72. The number of hydrogen-bond acceptors (Lipinski definition) is 4. The van der Waals surface area contributed by atoms with E-state index in [1.165, 1.54) is 17.0 Å². The Morgan fingerprint density at radius 1 is 1.04 bits per heavy atom. The van der Waals surface area contributed by atoms with Gasteiger partial charge in [0.2, 0.25) is 23.6 Å². The molecule has 0 spiro atoms. The van der Waals surface area contributed by atoms with Crippen LogP contribution in [0.3, 0.4) is 0 Å². The van der Waals surface area contributed by atoms with E-state index in [4.69, 9.17) is 5.73 Å². The van der Waals surface area contributed by atoms with Crippen molar-refractivity contribution >= 4 is 29.3 Å². The highest BCUT2D eigenvalue weighted by molar-refractivity contribution is 6.05. The molecule has 26 heavy (non-hydrogen) atoms. The number of nitrogens with zero attached hydrogens (tertiary/aromatic N) is 1. The molecule has 1 aliphatic carbocycles. The molecule has 0 saturated carbocycles. The van der Waals surface area contributed by atoms with Crippen LogP contribution in [0.1, 0.15) is 36.0 Å². The molecule has 3 rings (SSSR count). The first-order valence-electron chi connectivity index (χ1n) is 8.67. The smallest absolute Gasteiger partial charge is 0.248 e. The first kappa shape index (κ1) is 17.8. The molecule has 1 heterocycles. The molecule has 1 aromatic carbocycles. The van der Waals surface area contributed by atoms with Crippen LogP contribution in [0.15, 0.2) is 36.4 Å². The number of fused-ring (bicyclic) bond motifs is 1. The standard InChI is InChI=1S/C19H21N3O4/c20-17(24)12-7-9-13(10-8-12)21-16(23)6-3-11-22-18(25)14-4-1-2-5-15(14)19(22)26/h1-2,7-10,14-15H,3-6,11H2,(H2,20,24)(H,21,23)/t14-,15-/m1/s1. The van der Waals surface area contributed by atoms with Crippen LogP contribution in [0.2, 0.25) is 0 Å². The molecule has 2 aliphatic rings. The van der Waals surface area contributed by atoms with Crippen LogP contribution >= 0.6 is 0 Å². The van der Waals surface area contributed by atoms with E-state index in [9.17, 15) is 19.2 Å². The van der Waals surface area contributed by atoms with Gasteiger partial charge in [-0.2, -0.15) is 0 Å². The van der Waals surface area contributed by atoms with Crippen molar-refractivity contribution in [2.24, 2.45) is 17.6 Å². The molecule has 1 aliphatic heterocycles. The lowest BCUT2D eigenvalue weighted by atomic mass is 9.85. The van der Waals surface area contributed by atoms with Crippen LogP contribution in [-0.4, -0.2) is 35.1 Å². The molecular weight excluding hydrogens is 334 g/mol. The van der Waals surface area contributed by atoms with Gasteiger partial charge in [0.05, 0.1) is 11.8 Å². The molecule has 0 unspecified atom stereocenters. The Hall–Kier alpha value is -2.96. The lowest BCUT2D eigenvalue weighted by Gasteiger charge is -2.14. The van der Waals surface area contributed by atoms with Crippen molar-refractivity contribution in [1.29, 1.82) is 0 Å². The number of nitrogens with one attached hydrogen (secondary N) is 1. The van der Waals surface area contributed by atoms with Crippen molar-refractivity contribution < 1.29 is 19.2 Å². The molecule has 2 atom stereocenters. The summed E-state index contributed by atoms with van der Waals surface area (Å²) in [6.07, 6.45) is 5.75. The number of benzene rings is 1. The van der Waals surface area contributed by atoms with E-state index in [-0.39, 0.29) is 42.5 Å². The van der Waals surface area contributed by atoms with E-state index in [0.717, 1.165) is 0 Å². The minimum absolute atomic E-state index is 0.119. The molecule has 1 fully saturated rings. The molecular formula is C19H21N3O4. The van der Waals surface area contributed by atoms with E-state index < -0.39 is 5.91 Å². The number of amides is 4. The minimum atomic E-state index is -0.529. The average molecular weight is 355 g/mol. The highest BCUT2D eigenvalue weighted by atomic mass is 16.2. The summed E-state index contributed by atoms with van der Waals surface area (Å²) >= 11 is 0. The van der Waals surface area contributed by atoms with Gasteiger partial charge in [-0.3, -0.25) is 24.1 Å². The quantitative estimate of drug-likeness (QED) is 0.594. The van der Waals surface area contributed by atoms with Gasteiger partial charge >= 0.3 is 0 Å². The zero-order chi connectivity index (χ0) is 18.7. The second-order valence-corrected chi connectivity index (χ2v) is 6.58. The maximum Gasteiger partial charge on any atom is 0.248 e. The van der Waals surface area contributed by atoms with Crippen LogP contribution in [0, 0.1) is 11.8 Å². The Balaban J connectivity index is 1.47. The number of allylic oxidation sites excluding steroid dienone is 2. The highest BCUT2D eigenvalue weighted by Gasteiger charge is 2.46. The van der Waals surface area contributed by atoms with Crippen molar-refractivity contribution in [3.8, 4) is 0 Å². The van der Waals surface area contributed by atoms with Crippen molar-refractivity contribution in [2.45, 2.75) is 25.7 Å². The van der Waals surface area contributed by atoms with Gasteiger partial charge in [-0.05, 0) is 43.5 Å². The van der Waals surface area contributed by atoms with Crippen molar-refractivity contribution in [2.75, 3.05) is 11.9 Å². The first-order valence-corrected chi connectivity index (χ1v) is 8.67. The summed E-state index contributed by atoms with van der Waals surface area (Å²) < 4.78 is 0. The van der Waals surface area contributed by atoms with Crippen LogP contribution in [-0.2, 0) is 14.4 Å². The topological polar surface area (TPSA) is 110 Å². The molecule has 0 aromatic heterocycles. The molecule has 4 amide bonds. The van der Waals surface area contributed by atoms with Gasteiger partial charge in [-0.15, -0.1) is 0 Å². The lowest BCUT2D eigenvalue weighted by molar-refractivity contribution is -0.140. The normalized spacial score (nSPS) is 21.6. The Morgan fingerprint density at radius 2 is 1.62 bits per heavy atom. The SMILES string of the molecule is NC(=O)c1ccc(NC(=O)CCCN2C(=O)[C@@H]3CC=CC[C@H]3C2=O)cc1. The maximum absolute atomic E-state index is 12.3. The predicted octanol–water partition coefficient (Wildman–Crippen LogP) is 1.46. The van der Waals surface area contributed by atoms with Crippen LogP contribution < -0.4 is 11.1 Å². The van der Waals surface area contributed by atoms with Gasteiger partial charge in [0, 0.05) is 24.2 Å². The zero-order valence-corrected chi connectivity index (χ0v) is 14.3. The fourth-order valence-corrected chi connectivity index (χ4v) is 3.43. The fraction of sp³-hybridized carbons (Fsp3) is 0.368. The van der Waals surface area contributed by atoms with E-state index in [0.29, 0.717) is 30.5 Å². The lowest BCUT2D eigenvalue weighted by Crippen LogP contribution is -2.32. The van der Waals surface area contributed by atoms with Gasteiger partial charge in [0.15, 0.2) is 0 Å². The largest absolute Gasteiger partial charge is 0.366 e. The summed E-state index contributed by atoms with van der Waals surface area (Å²) in [4.78, 5) is 49.0. The van der Waals surface area contributed by atoms with Crippen LogP contribution in [0.5, 0.6) is 0 Å². The van der Waals surface area contributed by atoms with Crippen molar-refractivity contribution in [1.82, 2.24) is 4.90 Å². The molecule has 0 radical (unpaired) electrons. The molecule has 3 N–H and O–H groups in total. The number of likely N-dealkylation sites (tertiary alicyclic amines) is 1. The van der Waals surface area contributed by atoms with Crippen molar-refractivity contribution in [3.05, 3.63) is 42.0 Å². The molecule has 7 nitrogen and oxygen atoms in total. The van der Waals surface area contributed by atoms with Crippen LogP contribution in [0.25, 0.3) is 0 Å². The maximum atomic E-state index is 12.3.